The summed E-state index contributed by atoms with van der Waals surface area (Å²) in [7, 11) is -3.30. The van der Waals surface area contributed by atoms with Crippen LogP contribution in [0.2, 0.25) is 0 Å². The van der Waals surface area contributed by atoms with E-state index in [-0.39, 0.29) is 11.7 Å². The standard InChI is InChI=1S/C22H21O2P/c1-17-10-9-11-18(2)21(17)22(23)25(24,20-14-7-4-8-15-20)16-19-12-5-3-6-13-19/h3-15H,16H2,1-2H3. The number of benzene rings is 3. The van der Waals surface area contributed by atoms with Gasteiger partial charge in [-0.05, 0) is 30.5 Å². The van der Waals surface area contributed by atoms with Gasteiger partial charge < -0.3 is 4.57 Å². The summed E-state index contributed by atoms with van der Waals surface area (Å²) in [6.07, 6.45) is 0.241. The lowest BCUT2D eigenvalue weighted by Crippen LogP contribution is -2.17. The molecule has 0 spiro atoms. The van der Waals surface area contributed by atoms with E-state index >= 15 is 0 Å². The highest BCUT2D eigenvalue weighted by atomic mass is 31.2. The number of aryl methyl sites for hydroxylation is 2. The molecule has 25 heavy (non-hydrogen) atoms. The number of carbonyl (C=O) groups is 1. The summed E-state index contributed by atoms with van der Waals surface area (Å²) in [6.45, 7) is 3.80. The fraction of sp³-hybridized carbons (Fsp3) is 0.136. The average molecular weight is 348 g/mol. The van der Waals surface area contributed by atoms with Gasteiger partial charge in [0.15, 0.2) is 7.14 Å². The van der Waals surface area contributed by atoms with Crippen LogP contribution < -0.4 is 5.30 Å². The summed E-state index contributed by atoms with van der Waals surface area (Å²) in [6, 6.07) is 24.5. The van der Waals surface area contributed by atoms with Gasteiger partial charge in [0.05, 0.1) is 0 Å². The Morgan fingerprint density at radius 2 is 1.28 bits per heavy atom. The maximum Gasteiger partial charge on any atom is 0.226 e. The topological polar surface area (TPSA) is 34.1 Å². The fourth-order valence-electron chi connectivity index (χ4n) is 3.12. The third kappa shape index (κ3) is 3.50. The Kier molecular flexibility index (Phi) is 5.01. The summed E-state index contributed by atoms with van der Waals surface area (Å²) >= 11 is 0. The maximum absolute atomic E-state index is 14.0. The minimum atomic E-state index is -3.30. The Balaban J connectivity index is 2.15. The van der Waals surface area contributed by atoms with Crippen molar-refractivity contribution in [3.05, 3.63) is 101 Å². The van der Waals surface area contributed by atoms with Gasteiger partial charge in [0.2, 0.25) is 5.52 Å². The molecule has 3 aromatic rings. The summed E-state index contributed by atoms with van der Waals surface area (Å²) in [4.78, 5) is 13.4. The lowest BCUT2D eigenvalue weighted by atomic mass is 10.0. The Morgan fingerprint density at radius 3 is 1.84 bits per heavy atom. The summed E-state index contributed by atoms with van der Waals surface area (Å²) in [5, 5.41) is 0.617. The minimum absolute atomic E-state index is 0.241. The molecule has 0 saturated carbocycles. The maximum atomic E-state index is 14.0. The lowest BCUT2D eigenvalue weighted by Gasteiger charge is -2.20. The molecule has 2 nitrogen and oxygen atoms in total. The molecular weight excluding hydrogens is 327 g/mol. The van der Waals surface area contributed by atoms with Gasteiger partial charge in [0.1, 0.15) is 0 Å². The first-order valence-electron chi connectivity index (χ1n) is 8.32. The largest absolute Gasteiger partial charge is 0.310 e. The van der Waals surface area contributed by atoms with Crippen LogP contribution in [0.3, 0.4) is 0 Å². The van der Waals surface area contributed by atoms with Crippen molar-refractivity contribution in [3.63, 3.8) is 0 Å². The molecule has 0 aliphatic heterocycles. The monoisotopic (exact) mass is 348 g/mol. The zero-order chi connectivity index (χ0) is 17.9. The molecule has 3 rings (SSSR count). The van der Waals surface area contributed by atoms with Crippen molar-refractivity contribution in [1.82, 2.24) is 0 Å². The van der Waals surface area contributed by atoms with Gasteiger partial charge in [-0.1, -0.05) is 78.9 Å². The van der Waals surface area contributed by atoms with Gasteiger partial charge in [-0.2, -0.15) is 0 Å². The molecule has 0 N–H and O–H groups in total. The van der Waals surface area contributed by atoms with Crippen LogP contribution in [0.4, 0.5) is 0 Å². The molecule has 0 aliphatic carbocycles. The first-order valence-corrected chi connectivity index (χ1v) is 10.2. The van der Waals surface area contributed by atoms with Crippen LogP contribution in [-0.2, 0) is 10.7 Å². The second kappa shape index (κ2) is 7.21. The van der Waals surface area contributed by atoms with Crippen LogP contribution in [-0.4, -0.2) is 5.52 Å². The van der Waals surface area contributed by atoms with Gasteiger partial charge in [0.25, 0.3) is 0 Å². The van der Waals surface area contributed by atoms with Gasteiger partial charge >= 0.3 is 0 Å². The molecule has 0 bridgehead atoms. The van der Waals surface area contributed by atoms with E-state index < -0.39 is 7.14 Å². The highest BCUT2D eigenvalue weighted by Crippen LogP contribution is 2.51. The quantitative estimate of drug-likeness (QED) is 0.584. The van der Waals surface area contributed by atoms with Crippen molar-refractivity contribution in [3.8, 4) is 0 Å². The molecule has 0 amide bonds. The van der Waals surface area contributed by atoms with Crippen molar-refractivity contribution in [2.24, 2.45) is 0 Å². The molecule has 0 aromatic heterocycles. The van der Waals surface area contributed by atoms with Crippen molar-refractivity contribution >= 4 is 18.0 Å². The molecule has 0 saturated heterocycles. The molecule has 0 fully saturated rings. The van der Waals surface area contributed by atoms with Crippen LogP contribution in [0.5, 0.6) is 0 Å². The molecule has 3 heteroatoms. The highest BCUT2D eigenvalue weighted by Gasteiger charge is 2.36. The third-order valence-corrected chi connectivity index (χ3v) is 7.27. The molecule has 126 valence electrons. The van der Waals surface area contributed by atoms with Gasteiger partial charge in [-0.3, -0.25) is 4.79 Å². The van der Waals surface area contributed by atoms with Crippen LogP contribution >= 0.6 is 7.14 Å². The summed E-state index contributed by atoms with van der Waals surface area (Å²) in [5.74, 6) is 0. The summed E-state index contributed by atoms with van der Waals surface area (Å²) in [5.41, 5.74) is 2.99. The predicted octanol–water partition coefficient (Wildman–Crippen LogP) is 5.33. The van der Waals surface area contributed by atoms with Gasteiger partial charge in [-0.15, -0.1) is 0 Å². The first-order chi connectivity index (χ1) is 12.0. The summed E-state index contributed by atoms with van der Waals surface area (Å²) < 4.78 is 14.0. The second-order valence-corrected chi connectivity index (χ2v) is 9.01. The Hall–Kier alpha value is -2.44. The first kappa shape index (κ1) is 17.4. The smallest absolute Gasteiger partial charge is 0.226 e. The van der Waals surface area contributed by atoms with E-state index in [4.69, 9.17) is 0 Å². The van der Waals surface area contributed by atoms with Gasteiger partial charge in [0, 0.05) is 17.0 Å². The van der Waals surface area contributed by atoms with Crippen LogP contribution in [0.1, 0.15) is 27.0 Å². The number of rotatable bonds is 5. The van der Waals surface area contributed by atoms with Gasteiger partial charge in [-0.25, -0.2) is 0 Å². The van der Waals surface area contributed by atoms with E-state index in [1.165, 1.54) is 0 Å². The molecule has 1 atom stereocenters. The van der Waals surface area contributed by atoms with Crippen molar-refractivity contribution in [1.29, 1.82) is 0 Å². The molecular formula is C22H21O2P. The second-order valence-electron chi connectivity index (χ2n) is 6.29. The number of hydrogen-bond donors (Lipinski definition) is 0. The third-order valence-electron chi connectivity index (χ3n) is 4.44. The normalized spacial score (nSPS) is 13.2. The number of carbonyl (C=O) groups excluding carboxylic acids is 1. The molecule has 0 heterocycles. The Labute approximate surface area is 148 Å². The van der Waals surface area contributed by atoms with Crippen LogP contribution in [0.15, 0.2) is 78.9 Å². The van der Waals surface area contributed by atoms with Crippen LogP contribution in [0, 0.1) is 13.8 Å². The molecule has 0 aliphatic rings. The lowest BCUT2D eigenvalue weighted by molar-refractivity contribution is 0.107. The van der Waals surface area contributed by atoms with E-state index in [0.29, 0.717) is 10.9 Å². The van der Waals surface area contributed by atoms with E-state index in [2.05, 4.69) is 0 Å². The van der Waals surface area contributed by atoms with E-state index in [0.717, 1.165) is 16.7 Å². The van der Waals surface area contributed by atoms with Crippen molar-refractivity contribution in [2.75, 3.05) is 0 Å². The SMILES string of the molecule is Cc1cccc(C)c1C(=O)P(=O)(Cc1ccccc1)c1ccccc1. The zero-order valence-corrected chi connectivity index (χ0v) is 15.4. The highest BCUT2D eigenvalue weighted by molar-refractivity contribution is 7.86. The van der Waals surface area contributed by atoms with E-state index in [1.54, 1.807) is 12.1 Å². The average Bonchev–Trinajstić information content (AvgIpc) is 2.63. The number of hydrogen-bond acceptors (Lipinski definition) is 2. The molecule has 0 radical (unpaired) electrons. The fourth-order valence-corrected chi connectivity index (χ4v) is 5.78. The molecule has 3 aromatic carbocycles. The van der Waals surface area contributed by atoms with Crippen molar-refractivity contribution in [2.45, 2.75) is 20.0 Å². The Morgan fingerprint density at radius 1 is 0.760 bits per heavy atom. The molecule has 1 unspecified atom stereocenters. The predicted molar refractivity (Wildman–Crippen MR) is 104 cm³/mol. The van der Waals surface area contributed by atoms with Crippen molar-refractivity contribution < 1.29 is 9.36 Å². The minimum Gasteiger partial charge on any atom is -0.310 e. The van der Waals surface area contributed by atoms with E-state index in [9.17, 15) is 9.36 Å². The van der Waals surface area contributed by atoms with E-state index in [1.807, 2.05) is 80.6 Å². The zero-order valence-electron chi connectivity index (χ0n) is 14.5. The van der Waals surface area contributed by atoms with Crippen LogP contribution in [0.25, 0.3) is 0 Å². The Bertz CT molecular complexity index is 911.